The van der Waals surface area contributed by atoms with Gasteiger partial charge in [0.05, 0.1) is 17.8 Å². The van der Waals surface area contributed by atoms with E-state index in [0.29, 0.717) is 17.1 Å². The molecule has 0 saturated heterocycles. The molecule has 10 aromatic rings. The molecule has 3 heterocycles. The van der Waals surface area contributed by atoms with E-state index in [2.05, 4.69) is 121 Å². The molecule has 344 valence electrons. The summed E-state index contributed by atoms with van der Waals surface area (Å²) in [5, 5.41) is 2.07. The second-order valence-corrected chi connectivity index (χ2v) is 19.0. The molecule has 8 aromatic carbocycles. The second kappa shape index (κ2) is 17.8. The van der Waals surface area contributed by atoms with Crippen molar-refractivity contribution in [3.05, 3.63) is 234 Å². The van der Waals surface area contributed by atoms with Crippen molar-refractivity contribution in [3.63, 3.8) is 0 Å². The minimum Gasteiger partial charge on any atom is -0.493 e. The number of hydrogen-bond acceptors (Lipinski definition) is 3. The Hall–Kier alpha value is -7.00. The summed E-state index contributed by atoms with van der Waals surface area (Å²) in [6, 6.07) is 30.8. The normalized spacial score (nSPS) is 15.3. The molecule has 69 heavy (non-hydrogen) atoms. The van der Waals surface area contributed by atoms with Crippen LogP contribution in [-0.2, 0) is 31.9 Å². The maximum Gasteiger partial charge on any atom is 0.135 e. The number of anilines is 4. The summed E-state index contributed by atoms with van der Waals surface area (Å²) in [6.07, 6.45) is 1.85. The molecule has 0 unspecified atom stereocenters. The minimum atomic E-state index is -0.807. The van der Waals surface area contributed by atoms with Gasteiger partial charge < -0.3 is 14.4 Å². The molecule has 0 aliphatic carbocycles. The van der Waals surface area contributed by atoms with E-state index in [-0.39, 0.29) is 43.3 Å². The SMILES string of the molecule is [2H]c1c([2H])c([2H])c(-c2c([2H])c([2H])c([2H])c(-c3c([2H])c([2H])c([2H])c([2H])c3[2H])c2N2[CH-]N(c3[c-]c(C(C)(C)c4[c-]c5c(cc4)c4ccccc4n5-c4cc(C(C)(C)C)ccn4)cc(-c4c(C)cc(C)cc4C)c3)c3ccccc32)c([2H])c1[2H].[Pt]. The van der Waals surface area contributed by atoms with E-state index in [1.807, 2.05) is 47.5 Å². The molecular weight excluding hydrogens is 1020 g/mol. The summed E-state index contributed by atoms with van der Waals surface area (Å²) in [4.78, 5) is 8.33. The van der Waals surface area contributed by atoms with Crippen molar-refractivity contribution in [1.29, 1.82) is 0 Å². The van der Waals surface area contributed by atoms with Gasteiger partial charge in [-0.05, 0) is 101 Å². The summed E-state index contributed by atoms with van der Waals surface area (Å²) in [6.45, 7) is 18.7. The number of hydrogen-bond donors (Lipinski definition) is 0. The monoisotopic (exact) mass is 1090 g/mol. The van der Waals surface area contributed by atoms with Gasteiger partial charge in [-0.25, -0.2) is 4.98 Å². The van der Waals surface area contributed by atoms with Gasteiger partial charge in [-0.2, -0.15) is 41.5 Å². The first-order valence-electron chi connectivity index (χ1n) is 29.1. The fraction of sp³-hybridized carbons (Fsp3) is 0.156. The third kappa shape index (κ3) is 8.09. The zero-order chi connectivity index (χ0) is 58.2. The van der Waals surface area contributed by atoms with Crippen LogP contribution in [0.25, 0.3) is 61.0 Å². The van der Waals surface area contributed by atoms with Gasteiger partial charge >= 0.3 is 0 Å². The number of para-hydroxylation sites is 4. The topological polar surface area (TPSA) is 24.3 Å². The third-order valence-corrected chi connectivity index (χ3v) is 13.1. The molecule has 1 aliphatic heterocycles. The van der Waals surface area contributed by atoms with Gasteiger partial charge in [-0.3, -0.25) is 0 Å². The van der Waals surface area contributed by atoms with Gasteiger partial charge in [0.2, 0.25) is 0 Å². The van der Waals surface area contributed by atoms with E-state index in [9.17, 15) is 9.60 Å². The summed E-state index contributed by atoms with van der Waals surface area (Å²) in [7, 11) is 0. The van der Waals surface area contributed by atoms with E-state index < -0.39 is 95.1 Å². The molecule has 1 aliphatic rings. The molecule has 0 fully saturated rings. The van der Waals surface area contributed by atoms with Gasteiger partial charge in [0.25, 0.3) is 0 Å². The van der Waals surface area contributed by atoms with Crippen molar-refractivity contribution in [1.82, 2.24) is 9.55 Å². The summed E-state index contributed by atoms with van der Waals surface area (Å²) in [5.74, 6) is 0.769. The fourth-order valence-electron chi connectivity index (χ4n) is 9.68. The molecule has 11 rings (SSSR count). The van der Waals surface area contributed by atoms with Crippen LogP contribution >= 0.6 is 0 Å². The van der Waals surface area contributed by atoms with Crippen molar-refractivity contribution >= 4 is 44.6 Å². The molecule has 0 atom stereocenters. The number of aromatic nitrogens is 2. The maximum absolute atomic E-state index is 9.58. The summed E-state index contributed by atoms with van der Waals surface area (Å²) >= 11 is 0. The second-order valence-electron chi connectivity index (χ2n) is 19.0. The van der Waals surface area contributed by atoms with E-state index in [1.165, 1.54) is 0 Å². The predicted octanol–water partition coefficient (Wildman–Crippen LogP) is 16.7. The minimum absolute atomic E-state index is 0. The maximum atomic E-state index is 9.58. The third-order valence-electron chi connectivity index (χ3n) is 13.1. The Morgan fingerprint density at radius 2 is 1.20 bits per heavy atom. The molecule has 0 bridgehead atoms. The standard InChI is InChI=1S/C64H55N4.Pt/c1-42-34-43(2)61(44(3)35-42)47-36-50(64(7,8)49-30-31-55-54-24-15-16-27-56(54)68(59(55)39-49)60-40-48(32-33-65-60)63(4,5)6)38-51(37-47)66-41-67(58-29-18-17-28-57(58)66)62-52(45-20-11-9-12-21-45)25-19-26-53(62)46-22-13-10-14-23-46;/h9-37,40-41H,1-8H3;/q-3;/i9D,10D,11D,12D,13D,14D,19D,20D,21D,22D,23D,25D,26D;. The number of fused-ring (bicyclic) bond motifs is 4. The zero-order valence-corrected chi connectivity index (χ0v) is 41.8. The fourth-order valence-corrected chi connectivity index (χ4v) is 9.68. The largest absolute Gasteiger partial charge is 0.493 e. The molecule has 0 radical (unpaired) electrons. The van der Waals surface area contributed by atoms with E-state index >= 15 is 0 Å². The van der Waals surface area contributed by atoms with Crippen LogP contribution in [-0.4, -0.2) is 9.55 Å². The van der Waals surface area contributed by atoms with Crippen LogP contribution in [0.4, 0.5) is 22.7 Å². The molecule has 0 amide bonds. The van der Waals surface area contributed by atoms with E-state index in [0.717, 1.165) is 72.1 Å². The number of aryl methyl sites for hydroxylation is 3. The number of pyridine rings is 1. The van der Waals surface area contributed by atoms with Crippen molar-refractivity contribution < 1.29 is 38.9 Å². The Balaban J connectivity index is 0.00000753. The molecule has 2 aromatic heterocycles. The van der Waals surface area contributed by atoms with Crippen molar-refractivity contribution in [2.75, 3.05) is 9.80 Å². The van der Waals surface area contributed by atoms with Gasteiger partial charge in [0.15, 0.2) is 0 Å². The van der Waals surface area contributed by atoms with Gasteiger partial charge in [0.1, 0.15) is 5.82 Å². The molecule has 0 saturated carbocycles. The Labute approximate surface area is 440 Å². The Morgan fingerprint density at radius 3 is 1.86 bits per heavy atom. The van der Waals surface area contributed by atoms with Crippen molar-refractivity contribution in [3.8, 4) is 39.2 Å². The summed E-state index contributed by atoms with van der Waals surface area (Å²) < 4.78 is 119. The van der Waals surface area contributed by atoms with Crippen molar-refractivity contribution in [2.45, 2.75) is 66.2 Å². The smallest absolute Gasteiger partial charge is 0.135 e. The number of rotatable bonds is 8. The predicted molar refractivity (Wildman–Crippen MR) is 285 cm³/mol. The van der Waals surface area contributed by atoms with Gasteiger partial charge in [-0.1, -0.05) is 167 Å². The first-order valence-corrected chi connectivity index (χ1v) is 22.6. The number of nitrogens with zero attached hydrogens (tertiary/aromatic N) is 4. The average molecular weight is 1090 g/mol. The average Bonchev–Trinajstić information content (AvgIpc) is 1.68. The van der Waals surface area contributed by atoms with Crippen molar-refractivity contribution in [2.24, 2.45) is 0 Å². The molecule has 0 spiro atoms. The van der Waals surface area contributed by atoms with Gasteiger partial charge in [0, 0.05) is 61.0 Å². The number of benzene rings is 8. The summed E-state index contributed by atoms with van der Waals surface area (Å²) in [5.41, 5.74) is 8.29. The van der Waals surface area contributed by atoms with Crippen LogP contribution in [0, 0.1) is 39.6 Å². The van der Waals surface area contributed by atoms with Crippen LogP contribution in [0.1, 0.15) is 85.8 Å². The zero-order valence-electron chi connectivity index (χ0n) is 52.5. The van der Waals surface area contributed by atoms with E-state index in [1.54, 1.807) is 23.7 Å². The van der Waals surface area contributed by atoms with Crippen LogP contribution in [0.15, 0.2) is 182 Å². The Morgan fingerprint density at radius 1 is 0.580 bits per heavy atom. The Kier molecular flexibility index (Phi) is 8.44. The molecular formula is C64H55N4Pt-3. The molecule has 5 heteroatoms. The van der Waals surface area contributed by atoms with Crippen LogP contribution in [0.2, 0.25) is 0 Å². The van der Waals surface area contributed by atoms with Gasteiger partial charge in [-0.15, -0.1) is 29.4 Å². The molecule has 0 N–H and O–H groups in total. The first-order chi connectivity index (χ1) is 38.2. The van der Waals surface area contributed by atoms with Crippen LogP contribution in [0.3, 0.4) is 0 Å². The van der Waals surface area contributed by atoms with E-state index in [4.69, 9.17) is 13.2 Å². The molecule has 4 nitrogen and oxygen atoms in total. The van der Waals surface area contributed by atoms with Crippen LogP contribution < -0.4 is 9.80 Å². The van der Waals surface area contributed by atoms with Crippen LogP contribution in [0.5, 0.6) is 0 Å². The first kappa shape index (κ1) is 32.7. The quantitative estimate of drug-likeness (QED) is 0.142. The Bertz CT molecular complexity index is 4160.